The number of unbranched alkanes of at least 4 members (excludes halogenated alkanes) is 1. The van der Waals surface area contributed by atoms with E-state index in [4.69, 9.17) is 11.5 Å². The number of hydrogen-bond acceptors (Lipinski definition) is 4. The highest BCUT2D eigenvalue weighted by molar-refractivity contribution is 8.93. The maximum Gasteiger partial charge on any atom is 0.159 e. The summed E-state index contributed by atoms with van der Waals surface area (Å²) in [6.45, 7) is 0. The molecule has 0 amide bonds. The van der Waals surface area contributed by atoms with E-state index in [1.807, 2.05) is 60.7 Å². The summed E-state index contributed by atoms with van der Waals surface area (Å²) in [5, 5.41) is 1.22. The standard InChI is InChI=1S/C18H22N4S2.BrH/c19-17(21-15-9-3-1-4-10-15)23-13-7-8-14-24-18(20)22-16-11-5-2-6-12-16;/h1-6,9-12H,7-8,13-14H2,(H2,19,21)(H2,20,22);1H. The van der Waals surface area contributed by atoms with Gasteiger partial charge in [-0.15, -0.1) is 17.0 Å². The van der Waals surface area contributed by atoms with Crippen LogP contribution in [0.4, 0.5) is 11.4 Å². The summed E-state index contributed by atoms with van der Waals surface area (Å²) in [4.78, 5) is 8.73. The molecular formula is C18H23BrN4S2. The van der Waals surface area contributed by atoms with Crippen molar-refractivity contribution in [3.63, 3.8) is 0 Å². The maximum absolute atomic E-state index is 5.92. The van der Waals surface area contributed by atoms with Gasteiger partial charge in [0.15, 0.2) is 10.3 Å². The average molecular weight is 439 g/mol. The molecule has 0 radical (unpaired) electrons. The third-order valence-corrected chi connectivity index (χ3v) is 4.79. The van der Waals surface area contributed by atoms with Gasteiger partial charge in [-0.2, -0.15) is 0 Å². The Morgan fingerprint density at radius 3 is 1.40 bits per heavy atom. The van der Waals surface area contributed by atoms with Crippen molar-refractivity contribution >= 4 is 62.2 Å². The number of nitrogens with two attached hydrogens (primary N) is 2. The van der Waals surface area contributed by atoms with Crippen LogP contribution in [-0.4, -0.2) is 21.8 Å². The Bertz CT molecular complexity index is 604. The summed E-state index contributed by atoms with van der Waals surface area (Å²) in [5.74, 6) is 1.91. The summed E-state index contributed by atoms with van der Waals surface area (Å²) in [7, 11) is 0. The molecule has 0 atom stereocenters. The van der Waals surface area contributed by atoms with Gasteiger partial charge < -0.3 is 11.5 Å². The lowest BCUT2D eigenvalue weighted by Crippen LogP contribution is -2.08. The lowest BCUT2D eigenvalue weighted by molar-refractivity contribution is 0.910. The minimum atomic E-state index is 0. The molecule has 7 heteroatoms. The number of amidine groups is 2. The van der Waals surface area contributed by atoms with Crippen LogP contribution in [0.3, 0.4) is 0 Å². The predicted molar refractivity (Wildman–Crippen MR) is 120 cm³/mol. The lowest BCUT2D eigenvalue weighted by Gasteiger charge is -2.02. The number of rotatable bonds is 7. The van der Waals surface area contributed by atoms with Crippen LogP contribution < -0.4 is 11.5 Å². The van der Waals surface area contributed by atoms with Gasteiger partial charge in [0.1, 0.15) is 0 Å². The largest absolute Gasteiger partial charge is 0.378 e. The third kappa shape index (κ3) is 9.57. The fraction of sp³-hybridized carbons (Fsp3) is 0.222. The fourth-order valence-electron chi connectivity index (χ4n) is 1.88. The quantitative estimate of drug-likeness (QED) is 0.357. The zero-order chi connectivity index (χ0) is 17.0. The Labute approximate surface area is 168 Å². The Morgan fingerprint density at radius 2 is 1.04 bits per heavy atom. The van der Waals surface area contributed by atoms with Crippen LogP contribution in [0.2, 0.25) is 0 Å². The van der Waals surface area contributed by atoms with E-state index >= 15 is 0 Å². The van der Waals surface area contributed by atoms with Gasteiger partial charge in [-0.1, -0.05) is 59.9 Å². The second-order valence-electron chi connectivity index (χ2n) is 4.98. The molecule has 4 N–H and O–H groups in total. The van der Waals surface area contributed by atoms with Crippen molar-refractivity contribution in [3.8, 4) is 0 Å². The first kappa shape index (κ1) is 21.6. The monoisotopic (exact) mass is 438 g/mol. The zero-order valence-electron chi connectivity index (χ0n) is 13.9. The molecule has 2 rings (SSSR count). The first-order valence-electron chi connectivity index (χ1n) is 7.78. The molecule has 0 heterocycles. The average Bonchev–Trinajstić information content (AvgIpc) is 2.60. The van der Waals surface area contributed by atoms with Crippen molar-refractivity contribution in [2.45, 2.75) is 12.8 Å². The van der Waals surface area contributed by atoms with Crippen LogP contribution >= 0.6 is 40.5 Å². The Hall–Kier alpha value is -1.44. The lowest BCUT2D eigenvalue weighted by atomic mass is 10.3. The molecular weight excluding hydrogens is 416 g/mol. The number of para-hydroxylation sites is 2. The van der Waals surface area contributed by atoms with Crippen molar-refractivity contribution in [1.82, 2.24) is 0 Å². The molecule has 0 aliphatic heterocycles. The van der Waals surface area contributed by atoms with Crippen molar-refractivity contribution in [1.29, 1.82) is 0 Å². The minimum Gasteiger partial charge on any atom is -0.378 e. The molecule has 0 aromatic heterocycles. The van der Waals surface area contributed by atoms with E-state index < -0.39 is 0 Å². The van der Waals surface area contributed by atoms with Gasteiger partial charge in [0.05, 0.1) is 11.4 Å². The molecule has 0 bridgehead atoms. The van der Waals surface area contributed by atoms with Crippen molar-refractivity contribution in [3.05, 3.63) is 60.7 Å². The Morgan fingerprint density at radius 1 is 0.680 bits per heavy atom. The second kappa shape index (κ2) is 12.9. The van der Waals surface area contributed by atoms with Gasteiger partial charge in [0.25, 0.3) is 0 Å². The molecule has 0 spiro atoms. The summed E-state index contributed by atoms with van der Waals surface area (Å²) in [6, 6.07) is 19.5. The molecule has 0 saturated heterocycles. The topological polar surface area (TPSA) is 76.8 Å². The highest BCUT2D eigenvalue weighted by atomic mass is 79.9. The van der Waals surface area contributed by atoms with Gasteiger partial charge in [-0.05, 0) is 37.1 Å². The highest BCUT2D eigenvalue weighted by Crippen LogP contribution is 2.16. The molecule has 0 aliphatic rings. The molecule has 134 valence electrons. The van der Waals surface area contributed by atoms with Crippen LogP contribution in [0, 0.1) is 0 Å². The second-order valence-corrected chi connectivity index (χ2v) is 7.21. The number of halogens is 1. The van der Waals surface area contributed by atoms with E-state index in [0.717, 1.165) is 35.7 Å². The van der Waals surface area contributed by atoms with Crippen LogP contribution in [0.25, 0.3) is 0 Å². The highest BCUT2D eigenvalue weighted by Gasteiger charge is 1.98. The van der Waals surface area contributed by atoms with Crippen LogP contribution in [0.5, 0.6) is 0 Å². The Balaban J connectivity index is 0.00000312. The minimum absolute atomic E-state index is 0. The number of benzene rings is 2. The van der Waals surface area contributed by atoms with Crippen molar-refractivity contribution in [2.24, 2.45) is 21.5 Å². The molecule has 25 heavy (non-hydrogen) atoms. The van der Waals surface area contributed by atoms with Gasteiger partial charge in [0, 0.05) is 11.5 Å². The Kier molecular flexibility index (Phi) is 11.1. The third-order valence-electron chi connectivity index (χ3n) is 3.03. The SMILES string of the molecule is Br.NC(=Nc1ccccc1)SCCCCSC(N)=Nc1ccccc1. The van der Waals surface area contributed by atoms with Crippen LogP contribution in [0.1, 0.15) is 12.8 Å². The van der Waals surface area contributed by atoms with Gasteiger partial charge >= 0.3 is 0 Å². The molecule has 2 aromatic rings. The fourth-order valence-corrected chi connectivity index (χ4v) is 3.34. The molecule has 0 saturated carbocycles. The summed E-state index contributed by atoms with van der Waals surface area (Å²) in [5.41, 5.74) is 13.6. The normalized spacial score (nSPS) is 11.8. The zero-order valence-corrected chi connectivity index (χ0v) is 17.2. The van der Waals surface area contributed by atoms with Gasteiger partial charge in [0.2, 0.25) is 0 Å². The van der Waals surface area contributed by atoms with E-state index in [1.54, 1.807) is 23.5 Å². The number of hydrogen-bond donors (Lipinski definition) is 2. The van der Waals surface area contributed by atoms with Crippen molar-refractivity contribution < 1.29 is 0 Å². The van der Waals surface area contributed by atoms with Crippen molar-refractivity contribution in [2.75, 3.05) is 11.5 Å². The smallest absolute Gasteiger partial charge is 0.159 e. The molecule has 2 aromatic carbocycles. The van der Waals surface area contributed by atoms with E-state index in [1.165, 1.54) is 0 Å². The van der Waals surface area contributed by atoms with E-state index in [9.17, 15) is 0 Å². The maximum atomic E-state index is 5.92. The number of nitrogens with zero attached hydrogens (tertiary/aromatic N) is 2. The summed E-state index contributed by atoms with van der Waals surface area (Å²) in [6.07, 6.45) is 2.14. The predicted octanol–water partition coefficient (Wildman–Crippen LogP) is 5.10. The number of aliphatic imine (C=N–C) groups is 2. The van der Waals surface area contributed by atoms with Gasteiger partial charge in [-0.25, -0.2) is 9.98 Å². The van der Waals surface area contributed by atoms with Gasteiger partial charge in [-0.3, -0.25) is 0 Å². The summed E-state index contributed by atoms with van der Waals surface area (Å²) >= 11 is 3.18. The van der Waals surface area contributed by atoms with E-state index in [-0.39, 0.29) is 17.0 Å². The summed E-state index contributed by atoms with van der Waals surface area (Å²) < 4.78 is 0. The van der Waals surface area contributed by atoms with E-state index in [2.05, 4.69) is 9.98 Å². The van der Waals surface area contributed by atoms with E-state index in [0.29, 0.717) is 10.3 Å². The first-order valence-corrected chi connectivity index (χ1v) is 9.75. The molecule has 0 aliphatic carbocycles. The molecule has 0 fully saturated rings. The molecule has 0 unspecified atom stereocenters. The molecule has 4 nitrogen and oxygen atoms in total. The van der Waals surface area contributed by atoms with Crippen LogP contribution in [0.15, 0.2) is 70.6 Å². The first-order chi connectivity index (χ1) is 11.7. The number of thioether (sulfide) groups is 2. The van der Waals surface area contributed by atoms with Crippen LogP contribution in [-0.2, 0) is 0 Å².